The summed E-state index contributed by atoms with van der Waals surface area (Å²) in [5.74, 6) is -0.773. The largest absolute Gasteiger partial charge is 0.505 e. The summed E-state index contributed by atoms with van der Waals surface area (Å²) in [7, 11) is 3.05. The highest BCUT2D eigenvalue weighted by molar-refractivity contribution is 6.46. The molecule has 1 saturated heterocycles. The molecule has 1 aliphatic rings. The molecule has 0 unspecified atom stereocenters. The van der Waals surface area contributed by atoms with Gasteiger partial charge in [-0.05, 0) is 51.2 Å². The fourth-order valence-electron chi connectivity index (χ4n) is 5.09. The molecule has 0 spiro atoms. The molecule has 3 aromatic rings. The van der Waals surface area contributed by atoms with Gasteiger partial charge < -0.3 is 24.4 Å². The zero-order valence-electron chi connectivity index (χ0n) is 22.0. The van der Waals surface area contributed by atoms with Crippen LogP contribution in [-0.2, 0) is 9.59 Å². The first-order valence-electron chi connectivity index (χ1n) is 12.5. The highest BCUT2D eigenvalue weighted by Gasteiger charge is 2.47. The summed E-state index contributed by atoms with van der Waals surface area (Å²) in [5, 5.41) is 11.6. The molecule has 1 N–H and O–H groups in total. The SMILES string of the molecule is CCN(CC)CCCN1C(=O)C(=O)/C(=C(/O)c2c(C)nc3ccccn23)[C@@H]1c1cccc(OC)c1OC. The minimum atomic E-state index is -0.851. The first-order valence-corrected chi connectivity index (χ1v) is 12.5. The first kappa shape index (κ1) is 26.2. The summed E-state index contributed by atoms with van der Waals surface area (Å²) in [4.78, 5) is 35.3. The van der Waals surface area contributed by atoms with Crippen LogP contribution in [0.3, 0.4) is 0 Å². The number of amides is 1. The fraction of sp³-hybridized carbons (Fsp3) is 0.393. The molecule has 1 fully saturated rings. The maximum absolute atomic E-state index is 13.5. The van der Waals surface area contributed by atoms with Crippen molar-refractivity contribution in [2.24, 2.45) is 0 Å². The summed E-state index contributed by atoms with van der Waals surface area (Å²) in [6.45, 7) is 8.87. The number of hydrogen-bond donors (Lipinski definition) is 1. The molecule has 196 valence electrons. The molecular formula is C28H34N4O5. The van der Waals surface area contributed by atoms with E-state index >= 15 is 0 Å². The highest BCUT2D eigenvalue weighted by atomic mass is 16.5. The Morgan fingerprint density at radius 3 is 2.51 bits per heavy atom. The maximum Gasteiger partial charge on any atom is 0.295 e. The van der Waals surface area contributed by atoms with E-state index in [9.17, 15) is 14.7 Å². The van der Waals surface area contributed by atoms with Crippen LogP contribution in [0.15, 0.2) is 48.2 Å². The van der Waals surface area contributed by atoms with E-state index in [4.69, 9.17) is 9.47 Å². The molecule has 0 radical (unpaired) electrons. The van der Waals surface area contributed by atoms with E-state index in [2.05, 4.69) is 23.7 Å². The van der Waals surface area contributed by atoms with E-state index in [-0.39, 0.29) is 11.3 Å². The number of pyridine rings is 1. The fourth-order valence-corrected chi connectivity index (χ4v) is 5.09. The minimum Gasteiger partial charge on any atom is -0.505 e. The number of aromatic nitrogens is 2. The van der Waals surface area contributed by atoms with Crippen molar-refractivity contribution in [3.63, 3.8) is 0 Å². The lowest BCUT2D eigenvalue weighted by atomic mass is 9.95. The van der Waals surface area contributed by atoms with Crippen LogP contribution in [0.2, 0.25) is 0 Å². The van der Waals surface area contributed by atoms with Gasteiger partial charge in [0.2, 0.25) is 0 Å². The second-order valence-electron chi connectivity index (χ2n) is 8.93. The van der Waals surface area contributed by atoms with Gasteiger partial charge in [-0.1, -0.05) is 32.0 Å². The Hall–Kier alpha value is -3.85. The second kappa shape index (κ2) is 11.0. The van der Waals surface area contributed by atoms with E-state index in [1.54, 1.807) is 35.7 Å². The number of aliphatic hydroxyl groups is 1. The predicted molar refractivity (Wildman–Crippen MR) is 141 cm³/mol. The van der Waals surface area contributed by atoms with Gasteiger partial charge >= 0.3 is 0 Å². The minimum absolute atomic E-state index is 0.00754. The van der Waals surface area contributed by atoms with Crippen LogP contribution in [0.5, 0.6) is 11.5 Å². The lowest BCUT2D eigenvalue weighted by molar-refractivity contribution is -0.140. The van der Waals surface area contributed by atoms with Crippen molar-refractivity contribution in [3.8, 4) is 11.5 Å². The predicted octanol–water partition coefficient (Wildman–Crippen LogP) is 3.81. The number of aryl methyl sites for hydroxylation is 1. The zero-order valence-corrected chi connectivity index (χ0v) is 22.0. The number of imidazole rings is 1. The third-order valence-electron chi connectivity index (χ3n) is 6.96. The number of hydrogen-bond acceptors (Lipinski definition) is 7. The number of ketones is 1. The van der Waals surface area contributed by atoms with E-state index in [0.717, 1.165) is 19.6 Å². The van der Waals surface area contributed by atoms with E-state index in [0.29, 0.717) is 47.1 Å². The number of para-hydroxylation sites is 1. The number of rotatable bonds is 10. The van der Waals surface area contributed by atoms with Crippen LogP contribution in [-0.4, -0.2) is 76.4 Å². The highest BCUT2D eigenvalue weighted by Crippen LogP contribution is 2.45. The van der Waals surface area contributed by atoms with Crippen molar-refractivity contribution in [2.75, 3.05) is 40.4 Å². The van der Waals surface area contributed by atoms with Gasteiger partial charge in [0.15, 0.2) is 17.3 Å². The smallest absolute Gasteiger partial charge is 0.295 e. The molecule has 1 aromatic carbocycles. The number of ether oxygens (including phenoxy) is 2. The number of Topliss-reactive ketones (excluding diaryl/α,β-unsaturated/α-hetero) is 1. The van der Waals surface area contributed by atoms with Crippen molar-refractivity contribution in [3.05, 3.63) is 65.1 Å². The van der Waals surface area contributed by atoms with E-state index < -0.39 is 17.7 Å². The number of carbonyl (C=O) groups excluding carboxylic acids is 2. The third-order valence-corrected chi connectivity index (χ3v) is 6.96. The van der Waals surface area contributed by atoms with Gasteiger partial charge in [-0.15, -0.1) is 0 Å². The Kier molecular flexibility index (Phi) is 7.83. The zero-order chi connectivity index (χ0) is 26.7. The maximum atomic E-state index is 13.5. The Balaban J connectivity index is 1.89. The molecule has 4 rings (SSSR count). The number of methoxy groups -OCH3 is 2. The summed E-state index contributed by atoms with van der Waals surface area (Å²) in [6.07, 6.45) is 2.44. The third kappa shape index (κ3) is 4.67. The molecule has 9 heteroatoms. The Bertz CT molecular complexity index is 1340. The summed E-state index contributed by atoms with van der Waals surface area (Å²) >= 11 is 0. The standard InChI is InChI=1S/C28H34N4O5/c1-6-30(7-2)15-11-17-32-24(19-12-10-13-20(36-4)27(19)37-5)22(26(34)28(32)35)25(33)23-18(3)29-21-14-8-9-16-31(21)23/h8-10,12-14,16,24,33H,6-7,11,15,17H2,1-5H3/b25-22+/t24-/m0/s1. The molecule has 3 heterocycles. The number of benzene rings is 1. The summed E-state index contributed by atoms with van der Waals surface area (Å²) in [6, 6.07) is 9.97. The van der Waals surface area contributed by atoms with Crippen molar-refractivity contribution in [2.45, 2.75) is 33.2 Å². The number of aliphatic hydroxyl groups excluding tert-OH is 1. The van der Waals surface area contributed by atoms with Crippen LogP contribution < -0.4 is 9.47 Å². The Morgan fingerprint density at radius 1 is 1.08 bits per heavy atom. The molecule has 0 saturated carbocycles. The molecule has 0 bridgehead atoms. The summed E-state index contributed by atoms with van der Waals surface area (Å²) in [5.41, 5.74) is 2.13. The Labute approximate surface area is 216 Å². The van der Waals surface area contributed by atoms with Gasteiger partial charge in [0.05, 0.1) is 31.5 Å². The van der Waals surface area contributed by atoms with E-state index in [1.807, 2.05) is 18.2 Å². The van der Waals surface area contributed by atoms with Gasteiger partial charge in [0.25, 0.3) is 11.7 Å². The molecule has 1 atom stereocenters. The molecule has 1 amide bonds. The van der Waals surface area contributed by atoms with Crippen molar-refractivity contribution < 1.29 is 24.2 Å². The number of fused-ring (bicyclic) bond motifs is 1. The monoisotopic (exact) mass is 506 g/mol. The van der Waals surface area contributed by atoms with Crippen molar-refractivity contribution in [1.29, 1.82) is 0 Å². The lowest BCUT2D eigenvalue weighted by Gasteiger charge is -2.28. The van der Waals surface area contributed by atoms with Gasteiger partial charge in [-0.25, -0.2) is 4.98 Å². The normalized spacial score (nSPS) is 17.2. The van der Waals surface area contributed by atoms with E-state index in [1.165, 1.54) is 19.1 Å². The lowest BCUT2D eigenvalue weighted by Crippen LogP contribution is -2.33. The molecule has 1 aliphatic heterocycles. The van der Waals surface area contributed by atoms with Gasteiger partial charge in [-0.2, -0.15) is 0 Å². The number of nitrogens with zero attached hydrogens (tertiary/aromatic N) is 4. The quantitative estimate of drug-likeness (QED) is 0.254. The van der Waals surface area contributed by atoms with Crippen LogP contribution >= 0.6 is 0 Å². The van der Waals surface area contributed by atoms with Crippen molar-refractivity contribution >= 4 is 23.1 Å². The molecule has 2 aromatic heterocycles. The molecule has 37 heavy (non-hydrogen) atoms. The van der Waals surface area contributed by atoms with Gasteiger partial charge in [-0.3, -0.25) is 14.0 Å². The average Bonchev–Trinajstić information content (AvgIpc) is 3.38. The molecule has 9 nitrogen and oxygen atoms in total. The van der Waals surface area contributed by atoms with Crippen LogP contribution in [0.25, 0.3) is 11.4 Å². The van der Waals surface area contributed by atoms with Crippen LogP contribution in [0.4, 0.5) is 0 Å². The number of likely N-dealkylation sites (tertiary alicyclic amines) is 1. The first-order chi connectivity index (χ1) is 17.9. The van der Waals surface area contributed by atoms with Crippen molar-refractivity contribution in [1.82, 2.24) is 19.2 Å². The van der Waals surface area contributed by atoms with Gasteiger partial charge in [0, 0.05) is 18.3 Å². The van der Waals surface area contributed by atoms with Crippen LogP contribution in [0.1, 0.15) is 43.3 Å². The molecule has 0 aliphatic carbocycles. The average molecular weight is 507 g/mol. The number of carbonyl (C=O) groups is 2. The second-order valence-corrected chi connectivity index (χ2v) is 8.93. The summed E-state index contributed by atoms with van der Waals surface area (Å²) < 4.78 is 12.9. The van der Waals surface area contributed by atoms with Gasteiger partial charge in [0.1, 0.15) is 11.3 Å². The molecular weight excluding hydrogens is 472 g/mol. The topological polar surface area (TPSA) is 96.6 Å². The Morgan fingerprint density at radius 2 is 1.84 bits per heavy atom. The van der Waals surface area contributed by atoms with Crippen LogP contribution in [0, 0.1) is 6.92 Å².